The summed E-state index contributed by atoms with van der Waals surface area (Å²) in [5.41, 5.74) is 1.26. The van der Waals surface area contributed by atoms with E-state index in [0.717, 1.165) is 24.3 Å². The molecule has 1 saturated heterocycles. The Morgan fingerprint density at radius 1 is 1.45 bits per heavy atom. The van der Waals surface area contributed by atoms with Crippen molar-refractivity contribution in [2.75, 3.05) is 32.1 Å². The van der Waals surface area contributed by atoms with Crippen molar-refractivity contribution in [3.05, 3.63) is 42.7 Å². The van der Waals surface area contributed by atoms with E-state index in [9.17, 15) is 4.79 Å². The number of ether oxygens (including phenoxy) is 1. The number of rotatable bonds is 5. The molecule has 6 nitrogen and oxygen atoms in total. The van der Waals surface area contributed by atoms with Gasteiger partial charge >= 0.3 is 0 Å². The molecule has 3 rings (SSSR count). The Hall–Kier alpha value is -2.18. The topological polar surface area (TPSA) is 68.2 Å². The first-order chi connectivity index (χ1) is 10.7. The second-order valence-corrected chi connectivity index (χ2v) is 5.59. The summed E-state index contributed by atoms with van der Waals surface area (Å²) in [6.45, 7) is 1.92. The molecule has 0 aliphatic carbocycles. The first-order valence-electron chi connectivity index (χ1n) is 7.35. The van der Waals surface area contributed by atoms with Gasteiger partial charge in [0.25, 0.3) is 0 Å². The molecule has 1 aliphatic heterocycles. The number of benzene rings is 1. The molecule has 1 atom stereocenters. The molecule has 0 saturated carbocycles. The van der Waals surface area contributed by atoms with Crippen LogP contribution in [0.2, 0.25) is 0 Å². The Balaban J connectivity index is 1.71. The fourth-order valence-corrected chi connectivity index (χ4v) is 2.79. The van der Waals surface area contributed by atoms with Gasteiger partial charge < -0.3 is 15.4 Å². The molecule has 2 N–H and O–H groups in total. The van der Waals surface area contributed by atoms with E-state index in [1.165, 1.54) is 0 Å². The molecule has 0 radical (unpaired) electrons. The Morgan fingerprint density at radius 2 is 2.27 bits per heavy atom. The third-order valence-corrected chi connectivity index (χ3v) is 4.04. The fourth-order valence-electron chi connectivity index (χ4n) is 2.79. The van der Waals surface area contributed by atoms with Crippen LogP contribution in [0.5, 0.6) is 0 Å². The lowest BCUT2D eigenvalue weighted by atomic mass is 9.87. The molecule has 1 amide bonds. The summed E-state index contributed by atoms with van der Waals surface area (Å²) in [6.07, 6.45) is 4.40. The van der Waals surface area contributed by atoms with Crippen molar-refractivity contribution in [3.8, 4) is 5.69 Å². The van der Waals surface area contributed by atoms with Crippen LogP contribution in [0.15, 0.2) is 42.7 Å². The summed E-state index contributed by atoms with van der Waals surface area (Å²) in [5, 5.41) is 10.4. The molecule has 0 spiro atoms. The molecular formula is C16H20N4O2. The van der Waals surface area contributed by atoms with Gasteiger partial charge in [-0.1, -0.05) is 0 Å². The highest BCUT2D eigenvalue weighted by atomic mass is 16.5. The summed E-state index contributed by atoms with van der Waals surface area (Å²) in [7, 11) is 1.63. The normalized spacial score (nSPS) is 21.0. The molecule has 6 heteroatoms. The van der Waals surface area contributed by atoms with Crippen molar-refractivity contribution in [1.29, 1.82) is 0 Å². The fraction of sp³-hybridized carbons (Fsp3) is 0.375. The van der Waals surface area contributed by atoms with Crippen LogP contribution in [0.3, 0.4) is 0 Å². The minimum Gasteiger partial charge on any atom is -0.384 e. The molecule has 2 heterocycles. The van der Waals surface area contributed by atoms with Crippen LogP contribution < -0.4 is 10.6 Å². The van der Waals surface area contributed by atoms with Gasteiger partial charge in [0.05, 0.1) is 17.7 Å². The van der Waals surface area contributed by atoms with E-state index in [1.807, 2.05) is 36.5 Å². The standard InChI is InChI=1S/C16H20N4O2/c1-22-12-16(7-9-17-11-16)15(21)19-13-3-5-14(6-4-13)20-10-2-8-18-20/h2-6,8,10,17H,7,9,11-12H2,1H3,(H,19,21). The van der Waals surface area contributed by atoms with E-state index in [4.69, 9.17) is 4.74 Å². The number of carbonyl (C=O) groups is 1. The van der Waals surface area contributed by atoms with Gasteiger partial charge in [0.2, 0.25) is 5.91 Å². The average Bonchev–Trinajstić information content (AvgIpc) is 3.20. The molecule has 2 aromatic rings. The maximum absolute atomic E-state index is 12.6. The predicted octanol–water partition coefficient (Wildman–Crippen LogP) is 1.44. The van der Waals surface area contributed by atoms with Gasteiger partial charge in [0.15, 0.2) is 0 Å². The summed E-state index contributed by atoms with van der Waals surface area (Å²) in [6, 6.07) is 9.50. The van der Waals surface area contributed by atoms with Gasteiger partial charge in [-0.05, 0) is 43.3 Å². The zero-order chi connectivity index (χ0) is 15.4. The summed E-state index contributed by atoms with van der Waals surface area (Å²) in [5.74, 6) is 0.00573. The van der Waals surface area contributed by atoms with Crippen molar-refractivity contribution in [3.63, 3.8) is 0 Å². The van der Waals surface area contributed by atoms with Crippen LogP contribution in [-0.4, -0.2) is 42.5 Å². The Labute approximate surface area is 129 Å². The maximum atomic E-state index is 12.6. The second-order valence-electron chi connectivity index (χ2n) is 5.59. The highest BCUT2D eigenvalue weighted by molar-refractivity contribution is 5.96. The average molecular weight is 300 g/mol. The van der Waals surface area contributed by atoms with Gasteiger partial charge in [0.1, 0.15) is 0 Å². The first kappa shape index (κ1) is 14.7. The molecule has 1 aromatic carbocycles. The number of anilines is 1. The molecule has 0 bridgehead atoms. The van der Waals surface area contributed by atoms with Crippen LogP contribution in [0, 0.1) is 5.41 Å². The lowest BCUT2D eigenvalue weighted by Crippen LogP contribution is -2.41. The SMILES string of the molecule is COCC1(C(=O)Nc2ccc(-n3cccn3)cc2)CCNC1. The molecular weight excluding hydrogens is 280 g/mol. The van der Waals surface area contributed by atoms with Crippen LogP contribution in [0.1, 0.15) is 6.42 Å². The van der Waals surface area contributed by atoms with Crippen molar-refractivity contribution in [2.45, 2.75) is 6.42 Å². The van der Waals surface area contributed by atoms with Gasteiger partial charge in [-0.15, -0.1) is 0 Å². The minimum absolute atomic E-state index is 0.00573. The number of aromatic nitrogens is 2. The number of methoxy groups -OCH3 is 1. The Bertz CT molecular complexity index is 616. The molecule has 22 heavy (non-hydrogen) atoms. The summed E-state index contributed by atoms with van der Waals surface area (Å²) in [4.78, 5) is 12.6. The van der Waals surface area contributed by atoms with Gasteiger partial charge in [-0.3, -0.25) is 4.79 Å². The van der Waals surface area contributed by atoms with Crippen molar-refractivity contribution >= 4 is 11.6 Å². The highest BCUT2D eigenvalue weighted by Crippen LogP contribution is 2.28. The quantitative estimate of drug-likeness (QED) is 0.877. The number of hydrogen-bond donors (Lipinski definition) is 2. The van der Waals surface area contributed by atoms with E-state index < -0.39 is 5.41 Å². The lowest BCUT2D eigenvalue weighted by molar-refractivity contribution is -0.127. The van der Waals surface area contributed by atoms with E-state index in [2.05, 4.69) is 15.7 Å². The number of hydrogen-bond acceptors (Lipinski definition) is 4. The molecule has 1 aliphatic rings. The lowest BCUT2D eigenvalue weighted by Gasteiger charge is -2.26. The zero-order valence-corrected chi connectivity index (χ0v) is 12.6. The van der Waals surface area contributed by atoms with Crippen molar-refractivity contribution in [2.24, 2.45) is 5.41 Å². The van der Waals surface area contributed by atoms with Crippen molar-refractivity contribution < 1.29 is 9.53 Å². The summed E-state index contributed by atoms with van der Waals surface area (Å²) < 4.78 is 7.02. The molecule has 1 fully saturated rings. The molecule has 116 valence electrons. The van der Waals surface area contributed by atoms with E-state index in [1.54, 1.807) is 18.0 Å². The van der Waals surface area contributed by atoms with Crippen LogP contribution >= 0.6 is 0 Å². The number of nitrogens with zero attached hydrogens (tertiary/aromatic N) is 2. The van der Waals surface area contributed by atoms with Crippen LogP contribution in [0.25, 0.3) is 5.69 Å². The Morgan fingerprint density at radius 3 is 2.86 bits per heavy atom. The molecule has 1 aromatic heterocycles. The van der Waals surface area contributed by atoms with E-state index >= 15 is 0 Å². The number of amides is 1. The first-order valence-corrected chi connectivity index (χ1v) is 7.35. The van der Waals surface area contributed by atoms with Crippen LogP contribution in [-0.2, 0) is 9.53 Å². The Kier molecular flexibility index (Phi) is 4.22. The minimum atomic E-state index is -0.477. The van der Waals surface area contributed by atoms with E-state index in [0.29, 0.717) is 13.2 Å². The van der Waals surface area contributed by atoms with Gasteiger partial charge in [-0.2, -0.15) is 5.10 Å². The summed E-state index contributed by atoms with van der Waals surface area (Å²) >= 11 is 0. The largest absolute Gasteiger partial charge is 0.384 e. The predicted molar refractivity (Wildman–Crippen MR) is 84.0 cm³/mol. The number of nitrogens with one attached hydrogen (secondary N) is 2. The molecule has 1 unspecified atom stereocenters. The number of carbonyl (C=O) groups excluding carboxylic acids is 1. The van der Waals surface area contributed by atoms with Gasteiger partial charge in [0, 0.05) is 31.7 Å². The van der Waals surface area contributed by atoms with Crippen LogP contribution in [0.4, 0.5) is 5.69 Å². The van der Waals surface area contributed by atoms with Crippen molar-refractivity contribution in [1.82, 2.24) is 15.1 Å². The van der Waals surface area contributed by atoms with E-state index in [-0.39, 0.29) is 5.91 Å². The third kappa shape index (κ3) is 2.88. The smallest absolute Gasteiger partial charge is 0.234 e. The highest BCUT2D eigenvalue weighted by Gasteiger charge is 2.41. The van der Waals surface area contributed by atoms with Gasteiger partial charge in [-0.25, -0.2) is 4.68 Å². The maximum Gasteiger partial charge on any atom is 0.234 e. The third-order valence-electron chi connectivity index (χ3n) is 4.04. The second kappa shape index (κ2) is 6.29. The monoisotopic (exact) mass is 300 g/mol. The zero-order valence-electron chi connectivity index (χ0n) is 12.6.